The fourth-order valence-electron chi connectivity index (χ4n) is 4.64. The van der Waals surface area contributed by atoms with Crippen molar-refractivity contribution in [3.8, 4) is 11.5 Å². The molecular formula is C28H26N4O8S. The number of carbonyl (C=O) groups is 4. The summed E-state index contributed by atoms with van der Waals surface area (Å²) in [6.07, 6.45) is -0.375. The van der Waals surface area contributed by atoms with Gasteiger partial charge in [-0.1, -0.05) is 6.07 Å². The zero-order valence-corrected chi connectivity index (χ0v) is 22.9. The van der Waals surface area contributed by atoms with E-state index in [1.807, 2.05) is 0 Å². The Morgan fingerprint density at radius 2 is 1.46 bits per heavy atom. The van der Waals surface area contributed by atoms with Crippen LogP contribution in [0.3, 0.4) is 0 Å². The maximum atomic E-state index is 14.0. The van der Waals surface area contributed by atoms with Gasteiger partial charge in [0.15, 0.2) is 11.5 Å². The van der Waals surface area contributed by atoms with Gasteiger partial charge in [0.1, 0.15) is 6.04 Å². The van der Waals surface area contributed by atoms with E-state index in [1.165, 1.54) is 50.2 Å². The van der Waals surface area contributed by atoms with Gasteiger partial charge >= 0.3 is 0 Å². The Bertz CT molecular complexity index is 1640. The van der Waals surface area contributed by atoms with Crippen LogP contribution >= 0.6 is 0 Å². The van der Waals surface area contributed by atoms with E-state index in [1.54, 1.807) is 30.3 Å². The number of rotatable bonds is 8. The Morgan fingerprint density at radius 3 is 2.07 bits per heavy atom. The van der Waals surface area contributed by atoms with Crippen molar-refractivity contribution in [1.82, 2.24) is 4.31 Å². The first kappa shape index (κ1) is 27.8. The summed E-state index contributed by atoms with van der Waals surface area (Å²) >= 11 is 0. The van der Waals surface area contributed by atoms with Crippen LogP contribution < -0.4 is 25.0 Å². The fourth-order valence-corrected chi connectivity index (χ4v) is 6.21. The number of fused-ring (bicyclic) bond motifs is 1. The van der Waals surface area contributed by atoms with Crippen molar-refractivity contribution in [2.75, 3.05) is 22.3 Å². The molecule has 3 aromatic carbocycles. The van der Waals surface area contributed by atoms with E-state index in [0.29, 0.717) is 28.4 Å². The van der Waals surface area contributed by atoms with Crippen LogP contribution in [0.25, 0.3) is 0 Å². The average Bonchev–Trinajstić information content (AvgIpc) is 3.50. The largest absolute Gasteiger partial charge is 0.454 e. The number of nitrogens with one attached hydrogen (secondary N) is 2. The molecule has 0 aromatic heterocycles. The third-order valence-electron chi connectivity index (χ3n) is 6.47. The second kappa shape index (κ2) is 11.0. The van der Waals surface area contributed by atoms with Crippen LogP contribution in [-0.2, 0) is 35.7 Å². The van der Waals surface area contributed by atoms with Gasteiger partial charge < -0.3 is 20.1 Å². The number of benzene rings is 3. The number of nitrogens with zero attached hydrogens (tertiary/aromatic N) is 2. The van der Waals surface area contributed by atoms with Gasteiger partial charge in [0.05, 0.1) is 17.0 Å². The summed E-state index contributed by atoms with van der Waals surface area (Å²) in [6.45, 7) is 2.49. The SMILES string of the molecule is CC(=O)Nc1ccc(N2C(=O)CC(N(Cc3ccc4c(c3)OCO4)S(=O)(=O)c3ccc(NC(C)=O)cc3)C2=O)cc1. The van der Waals surface area contributed by atoms with Crippen molar-refractivity contribution in [3.05, 3.63) is 72.3 Å². The molecule has 4 amide bonds. The predicted octanol–water partition coefficient (Wildman–Crippen LogP) is 2.86. The smallest absolute Gasteiger partial charge is 0.252 e. The lowest BCUT2D eigenvalue weighted by atomic mass is 10.1. The number of anilines is 3. The molecule has 2 heterocycles. The number of hydrogen-bond donors (Lipinski definition) is 2. The Labute approximate surface area is 235 Å². The predicted molar refractivity (Wildman–Crippen MR) is 148 cm³/mol. The van der Waals surface area contributed by atoms with Crippen molar-refractivity contribution in [2.24, 2.45) is 0 Å². The summed E-state index contributed by atoms with van der Waals surface area (Å²) in [6, 6.07) is 15.2. The summed E-state index contributed by atoms with van der Waals surface area (Å²) in [5, 5.41) is 5.19. The molecule has 0 bridgehead atoms. The van der Waals surface area contributed by atoms with Gasteiger partial charge in [0, 0.05) is 31.8 Å². The van der Waals surface area contributed by atoms with Gasteiger partial charge in [-0.2, -0.15) is 4.31 Å². The van der Waals surface area contributed by atoms with Crippen LogP contribution in [-0.4, -0.2) is 49.2 Å². The van der Waals surface area contributed by atoms with Gasteiger partial charge in [0.2, 0.25) is 34.5 Å². The number of ether oxygens (including phenoxy) is 2. The van der Waals surface area contributed by atoms with Crippen LogP contribution in [0.4, 0.5) is 17.1 Å². The third-order valence-corrected chi connectivity index (χ3v) is 8.34. The molecule has 2 N–H and O–H groups in total. The van der Waals surface area contributed by atoms with Crippen LogP contribution in [0.15, 0.2) is 71.6 Å². The van der Waals surface area contributed by atoms with Crippen LogP contribution in [0.2, 0.25) is 0 Å². The third kappa shape index (κ3) is 5.76. The Kier molecular flexibility index (Phi) is 7.47. The second-order valence-electron chi connectivity index (χ2n) is 9.46. The summed E-state index contributed by atoms with van der Waals surface area (Å²) in [4.78, 5) is 50.4. The van der Waals surface area contributed by atoms with Crippen molar-refractivity contribution in [1.29, 1.82) is 0 Å². The Morgan fingerprint density at radius 1 is 0.878 bits per heavy atom. The van der Waals surface area contributed by atoms with E-state index in [4.69, 9.17) is 9.47 Å². The molecule has 0 aliphatic carbocycles. The standard InChI is InChI=1S/C28H26N4O8S/c1-17(33)29-20-4-8-22(9-5-20)32-27(35)14-24(28(32)36)31(15-19-3-12-25-26(13-19)40-16-39-25)41(37,38)23-10-6-21(7-11-23)30-18(2)34/h3-13,24H,14-16H2,1-2H3,(H,29,33)(H,30,34). The Balaban J connectivity index is 1.49. The summed E-state index contributed by atoms with van der Waals surface area (Å²) < 4.78 is 39.8. The van der Waals surface area contributed by atoms with Gasteiger partial charge in [-0.05, 0) is 66.2 Å². The molecule has 3 aromatic rings. The molecule has 13 heteroatoms. The van der Waals surface area contributed by atoms with Crippen molar-refractivity contribution >= 4 is 50.7 Å². The topological polar surface area (TPSA) is 151 Å². The molecule has 1 unspecified atom stereocenters. The van der Waals surface area contributed by atoms with E-state index in [0.717, 1.165) is 9.21 Å². The highest BCUT2D eigenvalue weighted by Gasteiger charge is 2.47. The van der Waals surface area contributed by atoms with Gasteiger partial charge in [-0.15, -0.1) is 0 Å². The summed E-state index contributed by atoms with van der Waals surface area (Å²) in [5.41, 5.74) is 1.65. The molecule has 41 heavy (non-hydrogen) atoms. The van der Waals surface area contributed by atoms with Crippen LogP contribution in [0, 0.1) is 0 Å². The molecule has 2 aliphatic rings. The van der Waals surface area contributed by atoms with Crippen molar-refractivity contribution in [3.63, 3.8) is 0 Å². The summed E-state index contributed by atoms with van der Waals surface area (Å²) in [5.74, 6) is -0.918. The minimum Gasteiger partial charge on any atom is -0.454 e. The minimum atomic E-state index is -4.32. The molecule has 5 rings (SSSR count). The van der Waals surface area contributed by atoms with Gasteiger partial charge in [-0.25, -0.2) is 13.3 Å². The van der Waals surface area contributed by atoms with E-state index in [2.05, 4.69) is 10.6 Å². The van der Waals surface area contributed by atoms with E-state index >= 15 is 0 Å². The molecular weight excluding hydrogens is 552 g/mol. The molecule has 2 aliphatic heterocycles. The van der Waals surface area contributed by atoms with E-state index < -0.39 is 27.9 Å². The van der Waals surface area contributed by atoms with Crippen molar-refractivity contribution in [2.45, 2.75) is 37.8 Å². The second-order valence-corrected chi connectivity index (χ2v) is 11.3. The number of sulfonamides is 1. The highest BCUT2D eigenvalue weighted by atomic mass is 32.2. The normalized spacial score (nSPS) is 16.3. The maximum absolute atomic E-state index is 14.0. The fraction of sp³-hybridized carbons (Fsp3) is 0.214. The molecule has 1 atom stereocenters. The van der Waals surface area contributed by atoms with Crippen LogP contribution in [0.5, 0.6) is 11.5 Å². The van der Waals surface area contributed by atoms with E-state index in [9.17, 15) is 27.6 Å². The van der Waals surface area contributed by atoms with Gasteiger partial charge in [0.25, 0.3) is 5.91 Å². The molecule has 212 valence electrons. The lowest BCUT2D eigenvalue weighted by Gasteiger charge is -2.27. The molecule has 1 fully saturated rings. The first-order valence-corrected chi connectivity index (χ1v) is 14.0. The zero-order chi connectivity index (χ0) is 29.3. The molecule has 0 saturated carbocycles. The zero-order valence-electron chi connectivity index (χ0n) is 22.1. The molecule has 12 nitrogen and oxygen atoms in total. The number of hydrogen-bond acceptors (Lipinski definition) is 8. The van der Waals surface area contributed by atoms with Crippen molar-refractivity contribution < 1.29 is 37.1 Å². The number of amides is 4. The number of carbonyl (C=O) groups excluding carboxylic acids is 4. The van der Waals surface area contributed by atoms with Gasteiger partial charge in [-0.3, -0.25) is 19.2 Å². The monoisotopic (exact) mass is 578 g/mol. The Hall–Kier alpha value is -4.75. The van der Waals surface area contributed by atoms with E-state index in [-0.39, 0.29) is 42.2 Å². The minimum absolute atomic E-state index is 0.0345. The lowest BCUT2D eigenvalue weighted by Crippen LogP contribution is -2.45. The van der Waals surface area contributed by atoms with Crippen LogP contribution in [0.1, 0.15) is 25.8 Å². The number of imide groups is 1. The maximum Gasteiger partial charge on any atom is 0.252 e. The first-order valence-electron chi connectivity index (χ1n) is 12.6. The highest BCUT2D eigenvalue weighted by Crippen LogP contribution is 2.35. The first-order chi connectivity index (χ1) is 19.5. The quantitative estimate of drug-likeness (QED) is 0.387. The average molecular weight is 579 g/mol. The molecule has 1 saturated heterocycles. The summed E-state index contributed by atoms with van der Waals surface area (Å²) in [7, 11) is -4.32. The highest BCUT2D eigenvalue weighted by molar-refractivity contribution is 7.89. The lowest BCUT2D eigenvalue weighted by molar-refractivity contribution is -0.122. The molecule has 0 radical (unpaired) electrons. The molecule has 0 spiro atoms.